The van der Waals surface area contributed by atoms with Crippen LogP contribution in [0, 0.1) is 6.92 Å². The van der Waals surface area contributed by atoms with Crippen LogP contribution in [0.5, 0.6) is 0 Å². The number of nitrogens with two attached hydrogens (primary N) is 1. The fourth-order valence-electron chi connectivity index (χ4n) is 1.83. The van der Waals surface area contributed by atoms with E-state index in [4.69, 9.17) is 10.5 Å². The molecule has 0 bridgehead atoms. The smallest absolute Gasteiger partial charge is 0.0477 e. The maximum Gasteiger partial charge on any atom is 0.0477 e. The summed E-state index contributed by atoms with van der Waals surface area (Å²) < 4.78 is 5.03. The lowest BCUT2D eigenvalue weighted by atomic mass is 10.1. The third-order valence-corrected chi connectivity index (χ3v) is 2.81. The molecule has 2 N–H and O–H groups in total. The molecule has 1 aromatic carbocycles. The number of likely N-dealkylation sites (N-methyl/N-ethyl adjacent to an activating group) is 1. The molecule has 3 nitrogen and oxygen atoms in total. The highest BCUT2D eigenvalue weighted by molar-refractivity contribution is 5.21. The van der Waals surface area contributed by atoms with Crippen LogP contribution in [0.25, 0.3) is 0 Å². The van der Waals surface area contributed by atoms with Gasteiger partial charge in [-0.05, 0) is 26.0 Å². The maximum absolute atomic E-state index is 6.02. The summed E-state index contributed by atoms with van der Waals surface area (Å²) in [6, 6.07) is 8.83. The molecule has 0 radical (unpaired) electrons. The number of ether oxygens (including phenoxy) is 1. The van der Waals surface area contributed by atoms with Crippen molar-refractivity contribution >= 4 is 0 Å². The summed E-state index contributed by atoms with van der Waals surface area (Å²) in [4.78, 5) is 2.25. The first kappa shape index (κ1) is 14.2. The molecule has 0 aliphatic rings. The number of nitrogens with zero attached hydrogens (tertiary/aromatic N) is 1. The predicted octanol–water partition coefficient (Wildman–Crippen LogP) is 1.79. The fraction of sp³-hybridized carbons (Fsp3) is 0.571. The van der Waals surface area contributed by atoms with Gasteiger partial charge in [0, 0.05) is 32.8 Å². The first-order chi connectivity index (χ1) is 8.11. The average Bonchev–Trinajstić information content (AvgIpc) is 2.29. The Kier molecular flexibility index (Phi) is 6.19. The van der Waals surface area contributed by atoms with Crippen LogP contribution in [0.15, 0.2) is 24.3 Å². The summed E-state index contributed by atoms with van der Waals surface area (Å²) in [7, 11) is 3.81. The third-order valence-electron chi connectivity index (χ3n) is 2.81. The summed E-state index contributed by atoms with van der Waals surface area (Å²) in [6.07, 6.45) is 0.911. The lowest BCUT2D eigenvalue weighted by Crippen LogP contribution is -2.35. The number of rotatable bonds is 7. The second kappa shape index (κ2) is 7.43. The summed E-state index contributed by atoms with van der Waals surface area (Å²) in [5, 5.41) is 0. The number of hydrogen-bond donors (Lipinski definition) is 1. The zero-order valence-corrected chi connectivity index (χ0v) is 11.1. The highest BCUT2D eigenvalue weighted by Crippen LogP contribution is 2.06. The van der Waals surface area contributed by atoms with Crippen LogP contribution in [-0.4, -0.2) is 38.3 Å². The molecule has 0 aliphatic heterocycles. The third kappa shape index (κ3) is 5.82. The van der Waals surface area contributed by atoms with E-state index in [2.05, 4.69) is 43.1 Å². The Morgan fingerprint density at radius 2 is 1.94 bits per heavy atom. The van der Waals surface area contributed by atoms with Gasteiger partial charge in [-0.3, -0.25) is 0 Å². The standard InChI is InChI=1S/C14H24N2O/c1-12-4-6-13(7-5-12)10-16(2)11-14(15)8-9-17-3/h4-7,14H,8-11,15H2,1-3H3. The van der Waals surface area contributed by atoms with E-state index in [1.807, 2.05) is 0 Å². The van der Waals surface area contributed by atoms with E-state index in [1.165, 1.54) is 11.1 Å². The minimum atomic E-state index is 0.186. The van der Waals surface area contributed by atoms with Crippen molar-refractivity contribution in [1.82, 2.24) is 4.90 Å². The van der Waals surface area contributed by atoms with Crippen LogP contribution >= 0.6 is 0 Å². The normalized spacial score (nSPS) is 13.0. The lowest BCUT2D eigenvalue weighted by Gasteiger charge is -2.21. The average molecular weight is 236 g/mol. The van der Waals surface area contributed by atoms with Crippen molar-refractivity contribution in [3.05, 3.63) is 35.4 Å². The predicted molar refractivity (Wildman–Crippen MR) is 72.0 cm³/mol. The Labute approximate surface area is 105 Å². The van der Waals surface area contributed by atoms with Crippen LogP contribution in [0.2, 0.25) is 0 Å². The molecule has 0 saturated heterocycles. The van der Waals surface area contributed by atoms with E-state index < -0.39 is 0 Å². The molecule has 0 fully saturated rings. The molecule has 96 valence electrons. The Morgan fingerprint density at radius 3 is 2.53 bits per heavy atom. The van der Waals surface area contributed by atoms with E-state index in [0.717, 1.165) is 26.1 Å². The van der Waals surface area contributed by atoms with E-state index in [-0.39, 0.29) is 6.04 Å². The number of hydrogen-bond acceptors (Lipinski definition) is 3. The van der Waals surface area contributed by atoms with Gasteiger partial charge in [0.25, 0.3) is 0 Å². The first-order valence-electron chi connectivity index (χ1n) is 6.10. The van der Waals surface area contributed by atoms with Crippen molar-refractivity contribution in [1.29, 1.82) is 0 Å². The molecule has 0 amide bonds. The van der Waals surface area contributed by atoms with Crippen molar-refractivity contribution in [2.24, 2.45) is 5.73 Å². The highest BCUT2D eigenvalue weighted by atomic mass is 16.5. The second-order valence-electron chi connectivity index (χ2n) is 4.72. The second-order valence-corrected chi connectivity index (χ2v) is 4.72. The quantitative estimate of drug-likeness (QED) is 0.784. The van der Waals surface area contributed by atoms with Crippen LogP contribution in [0.3, 0.4) is 0 Å². The zero-order valence-electron chi connectivity index (χ0n) is 11.1. The molecular formula is C14H24N2O. The van der Waals surface area contributed by atoms with Gasteiger partial charge in [-0.15, -0.1) is 0 Å². The summed E-state index contributed by atoms with van der Waals surface area (Å²) >= 11 is 0. The molecule has 1 unspecified atom stereocenters. The van der Waals surface area contributed by atoms with Crippen LogP contribution in [0.1, 0.15) is 17.5 Å². The van der Waals surface area contributed by atoms with Gasteiger partial charge in [0.05, 0.1) is 0 Å². The number of benzene rings is 1. The molecule has 1 rings (SSSR count). The van der Waals surface area contributed by atoms with Crippen LogP contribution < -0.4 is 5.73 Å². The van der Waals surface area contributed by atoms with Gasteiger partial charge in [0.15, 0.2) is 0 Å². The molecule has 3 heteroatoms. The van der Waals surface area contributed by atoms with E-state index >= 15 is 0 Å². The number of aryl methyl sites for hydroxylation is 1. The Bertz CT molecular complexity index is 311. The molecule has 0 heterocycles. The van der Waals surface area contributed by atoms with E-state index in [1.54, 1.807) is 7.11 Å². The lowest BCUT2D eigenvalue weighted by molar-refractivity contribution is 0.179. The van der Waals surface area contributed by atoms with Gasteiger partial charge in [-0.2, -0.15) is 0 Å². The van der Waals surface area contributed by atoms with Crippen molar-refractivity contribution in [2.75, 3.05) is 27.3 Å². The Morgan fingerprint density at radius 1 is 1.29 bits per heavy atom. The summed E-state index contributed by atoms with van der Waals surface area (Å²) in [6.45, 7) is 4.69. The largest absolute Gasteiger partial charge is 0.385 e. The van der Waals surface area contributed by atoms with Crippen molar-refractivity contribution in [3.8, 4) is 0 Å². The summed E-state index contributed by atoms with van der Waals surface area (Å²) in [5.41, 5.74) is 8.65. The minimum Gasteiger partial charge on any atom is -0.385 e. The van der Waals surface area contributed by atoms with Gasteiger partial charge in [0.1, 0.15) is 0 Å². The molecule has 0 aromatic heterocycles. The number of methoxy groups -OCH3 is 1. The monoisotopic (exact) mass is 236 g/mol. The van der Waals surface area contributed by atoms with Crippen molar-refractivity contribution in [2.45, 2.75) is 25.9 Å². The molecule has 17 heavy (non-hydrogen) atoms. The highest BCUT2D eigenvalue weighted by Gasteiger charge is 2.07. The van der Waals surface area contributed by atoms with Crippen molar-refractivity contribution in [3.63, 3.8) is 0 Å². The molecular weight excluding hydrogens is 212 g/mol. The zero-order chi connectivity index (χ0) is 12.7. The first-order valence-corrected chi connectivity index (χ1v) is 6.10. The van der Waals surface area contributed by atoms with Crippen molar-refractivity contribution < 1.29 is 4.74 Å². The van der Waals surface area contributed by atoms with E-state index in [0.29, 0.717) is 0 Å². The van der Waals surface area contributed by atoms with Gasteiger partial charge in [-0.25, -0.2) is 0 Å². The molecule has 0 spiro atoms. The van der Waals surface area contributed by atoms with E-state index in [9.17, 15) is 0 Å². The van der Waals surface area contributed by atoms with Gasteiger partial charge in [-0.1, -0.05) is 29.8 Å². The van der Waals surface area contributed by atoms with Crippen LogP contribution in [0.4, 0.5) is 0 Å². The Balaban J connectivity index is 2.33. The van der Waals surface area contributed by atoms with Gasteiger partial charge >= 0.3 is 0 Å². The minimum absolute atomic E-state index is 0.186. The van der Waals surface area contributed by atoms with Gasteiger partial charge in [0.2, 0.25) is 0 Å². The molecule has 1 atom stereocenters. The maximum atomic E-state index is 6.02. The Hall–Kier alpha value is -0.900. The molecule has 0 saturated carbocycles. The van der Waals surface area contributed by atoms with Gasteiger partial charge < -0.3 is 15.4 Å². The molecule has 1 aromatic rings. The fourth-order valence-corrected chi connectivity index (χ4v) is 1.83. The summed E-state index contributed by atoms with van der Waals surface area (Å²) in [5.74, 6) is 0. The SMILES string of the molecule is COCCC(N)CN(C)Cc1ccc(C)cc1. The topological polar surface area (TPSA) is 38.5 Å². The van der Waals surface area contributed by atoms with Crippen LogP contribution in [-0.2, 0) is 11.3 Å². The molecule has 0 aliphatic carbocycles.